The molecule has 1 saturated heterocycles. The summed E-state index contributed by atoms with van der Waals surface area (Å²) in [5.41, 5.74) is -1.41. The number of alkyl halides is 1. The quantitative estimate of drug-likeness (QED) is 0.562. The molecule has 2 heterocycles. The van der Waals surface area contributed by atoms with Crippen LogP contribution >= 0.6 is 22.6 Å². The highest BCUT2D eigenvalue weighted by Crippen LogP contribution is 2.30. The topological polar surface area (TPSA) is 105 Å². The Kier molecular flexibility index (Phi) is 3.84. The average Bonchev–Trinajstić information content (AvgIpc) is 2.61. The zero-order chi connectivity index (χ0) is 13.4. The first kappa shape index (κ1) is 13.6. The third-order valence-corrected chi connectivity index (χ3v) is 3.44. The Labute approximate surface area is 113 Å². The summed E-state index contributed by atoms with van der Waals surface area (Å²) in [6.07, 6.45) is -4.69. The summed E-state index contributed by atoms with van der Waals surface area (Å²) in [5.74, 6) is 0. The molecule has 2 rings (SSSR count). The van der Waals surface area contributed by atoms with Crippen molar-refractivity contribution in [3.8, 4) is 0 Å². The fourth-order valence-electron chi connectivity index (χ4n) is 1.73. The van der Waals surface area contributed by atoms with E-state index in [1.807, 2.05) is 4.98 Å². The smallest absolute Gasteiger partial charge is 0.330 e. The number of hydrogen-bond donors (Lipinski definition) is 3. The highest BCUT2D eigenvalue weighted by Gasteiger charge is 2.45. The number of hydrogen-bond acceptors (Lipinski definition) is 5. The van der Waals surface area contributed by atoms with Crippen LogP contribution in [0.4, 0.5) is 4.39 Å². The van der Waals surface area contributed by atoms with Gasteiger partial charge in [-0.25, -0.2) is 9.18 Å². The Bertz CT molecular complexity index is 559. The number of nitrogens with zero attached hydrogens (tertiary/aromatic N) is 1. The Morgan fingerprint density at radius 3 is 2.78 bits per heavy atom. The molecule has 1 aliphatic rings. The van der Waals surface area contributed by atoms with Gasteiger partial charge in [0.25, 0.3) is 5.56 Å². The minimum atomic E-state index is -1.86. The van der Waals surface area contributed by atoms with E-state index in [-0.39, 0.29) is 3.57 Å². The van der Waals surface area contributed by atoms with Crippen molar-refractivity contribution in [1.82, 2.24) is 9.55 Å². The monoisotopic (exact) mass is 372 g/mol. The SMILES string of the molecule is O=c1[nH]c(=O)n([C@@H]2O[C@H](CO)C(O)C2F)cc1I. The van der Waals surface area contributed by atoms with Crippen LogP contribution < -0.4 is 11.2 Å². The molecular formula is C9H10FIN2O5. The van der Waals surface area contributed by atoms with Gasteiger partial charge >= 0.3 is 5.69 Å². The number of aliphatic hydroxyl groups excluding tert-OH is 2. The lowest BCUT2D eigenvalue weighted by atomic mass is 10.1. The van der Waals surface area contributed by atoms with Crippen LogP contribution in [0.5, 0.6) is 0 Å². The molecule has 1 fully saturated rings. The summed E-state index contributed by atoms with van der Waals surface area (Å²) in [6.45, 7) is -0.562. The highest BCUT2D eigenvalue weighted by atomic mass is 127. The molecular weight excluding hydrogens is 362 g/mol. The summed E-state index contributed by atoms with van der Waals surface area (Å²) >= 11 is 1.69. The second-order valence-corrected chi connectivity index (χ2v) is 4.99. The Hall–Kier alpha value is -0.780. The van der Waals surface area contributed by atoms with E-state index in [4.69, 9.17) is 9.84 Å². The van der Waals surface area contributed by atoms with E-state index in [2.05, 4.69) is 0 Å². The van der Waals surface area contributed by atoms with Gasteiger partial charge in [-0.2, -0.15) is 0 Å². The van der Waals surface area contributed by atoms with Gasteiger partial charge in [0.2, 0.25) is 0 Å². The summed E-state index contributed by atoms with van der Waals surface area (Å²) in [5, 5.41) is 18.3. The first-order valence-corrected chi connectivity index (χ1v) is 6.13. The Balaban J connectivity index is 2.42. The lowest BCUT2D eigenvalue weighted by Gasteiger charge is -2.15. The summed E-state index contributed by atoms with van der Waals surface area (Å²) in [6, 6.07) is 0. The van der Waals surface area contributed by atoms with Gasteiger partial charge in [-0.15, -0.1) is 0 Å². The Morgan fingerprint density at radius 1 is 1.56 bits per heavy atom. The molecule has 9 heteroatoms. The minimum Gasteiger partial charge on any atom is -0.394 e. The molecule has 2 unspecified atom stereocenters. The third-order valence-electron chi connectivity index (χ3n) is 2.67. The van der Waals surface area contributed by atoms with Crippen LogP contribution in [0.2, 0.25) is 0 Å². The van der Waals surface area contributed by atoms with Gasteiger partial charge in [0.15, 0.2) is 12.4 Å². The van der Waals surface area contributed by atoms with Gasteiger partial charge in [-0.1, -0.05) is 0 Å². The van der Waals surface area contributed by atoms with Crippen LogP contribution in [0.25, 0.3) is 0 Å². The van der Waals surface area contributed by atoms with Crippen molar-refractivity contribution in [1.29, 1.82) is 0 Å². The predicted molar refractivity (Wildman–Crippen MR) is 65.9 cm³/mol. The van der Waals surface area contributed by atoms with Crippen LogP contribution in [-0.4, -0.2) is 44.8 Å². The average molecular weight is 372 g/mol. The zero-order valence-electron chi connectivity index (χ0n) is 8.92. The second kappa shape index (κ2) is 5.07. The fraction of sp³-hybridized carbons (Fsp3) is 0.556. The normalized spacial score (nSPS) is 31.8. The number of nitrogens with one attached hydrogen (secondary N) is 1. The molecule has 1 aromatic heterocycles. The van der Waals surface area contributed by atoms with Crippen molar-refractivity contribution in [3.05, 3.63) is 30.6 Å². The molecule has 0 bridgehead atoms. The molecule has 1 aliphatic heterocycles. The number of halogens is 2. The van der Waals surface area contributed by atoms with E-state index in [9.17, 15) is 19.1 Å². The van der Waals surface area contributed by atoms with Gasteiger partial charge in [-0.05, 0) is 22.6 Å². The molecule has 0 radical (unpaired) electrons. The van der Waals surface area contributed by atoms with Crippen molar-refractivity contribution >= 4 is 22.6 Å². The molecule has 1 aromatic rings. The van der Waals surface area contributed by atoms with Gasteiger partial charge in [-0.3, -0.25) is 14.3 Å². The lowest BCUT2D eigenvalue weighted by Crippen LogP contribution is -2.37. The first-order valence-electron chi connectivity index (χ1n) is 5.05. The van der Waals surface area contributed by atoms with E-state index in [0.717, 1.165) is 10.8 Å². The third kappa shape index (κ3) is 2.22. The van der Waals surface area contributed by atoms with Crippen LogP contribution in [0.1, 0.15) is 6.23 Å². The molecule has 7 nitrogen and oxygen atoms in total. The predicted octanol–water partition coefficient (Wildman–Crippen LogP) is -1.27. The molecule has 18 heavy (non-hydrogen) atoms. The maximum atomic E-state index is 13.8. The molecule has 0 saturated carbocycles. The van der Waals surface area contributed by atoms with Crippen molar-refractivity contribution in [2.45, 2.75) is 24.6 Å². The van der Waals surface area contributed by atoms with E-state index in [0.29, 0.717) is 0 Å². The van der Waals surface area contributed by atoms with Crippen molar-refractivity contribution in [2.75, 3.05) is 6.61 Å². The molecule has 4 atom stereocenters. The minimum absolute atomic E-state index is 0.185. The molecule has 3 N–H and O–H groups in total. The maximum absolute atomic E-state index is 13.8. The van der Waals surface area contributed by atoms with Gasteiger partial charge in [0.1, 0.15) is 12.2 Å². The summed E-state index contributed by atoms with van der Waals surface area (Å²) in [7, 11) is 0. The molecule has 0 amide bonds. The molecule has 100 valence electrons. The van der Waals surface area contributed by atoms with Crippen LogP contribution in [0, 0.1) is 3.57 Å². The maximum Gasteiger partial charge on any atom is 0.330 e. The van der Waals surface area contributed by atoms with Gasteiger partial charge in [0.05, 0.1) is 10.2 Å². The zero-order valence-corrected chi connectivity index (χ0v) is 11.1. The van der Waals surface area contributed by atoms with E-state index in [1.165, 1.54) is 0 Å². The van der Waals surface area contributed by atoms with Crippen LogP contribution in [0.15, 0.2) is 15.8 Å². The second-order valence-electron chi connectivity index (χ2n) is 3.83. The number of aliphatic hydroxyl groups is 2. The molecule has 0 spiro atoms. The standard InChI is InChI=1S/C9H10FIN2O5/c10-5-6(15)4(2-14)18-8(5)13-1-3(11)7(16)12-9(13)17/h1,4-6,8,14-15H,2H2,(H,12,16,17)/t4-,5?,6?,8-/m1/s1. The molecule has 0 aliphatic carbocycles. The molecule has 0 aromatic carbocycles. The Morgan fingerprint density at radius 2 is 2.22 bits per heavy atom. The fourth-order valence-corrected chi connectivity index (χ4v) is 2.16. The van der Waals surface area contributed by atoms with E-state index < -0.39 is 42.5 Å². The first-order chi connectivity index (χ1) is 8.45. The largest absolute Gasteiger partial charge is 0.394 e. The van der Waals surface area contributed by atoms with Gasteiger partial charge in [0, 0.05) is 6.20 Å². The van der Waals surface area contributed by atoms with Crippen LogP contribution in [0.3, 0.4) is 0 Å². The summed E-state index contributed by atoms with van der Waals surface area (Å²) in [4.78, 5) is 24.7. The van der Waals surface area contributed by atoms with E-state index in [1.54, 1.807) is 22.6 Å². The number of ether oxygens (including phenoxy) is 1. The number of H-pyrrole nitrogens is 1. The number of aromatic nitrogens is 2. The van der Waals surface area contributed by atoms with E-state index >= 15 is 0 Å². The van der Waals surface area contributed by atoms with Crippen LogP contribution in [-0.2, 0) is 4.74 Å². The van der Waals surface area contributed by atoms with Crippen molar-refractivity contribution in [2.24, 2.45) is 0 Å². The highest BCUT2D eigenvalue weighted by molar-refractivity contribution is 14.1. The number of rotatable bonds is 2. The van der Waals surface area contributed by atoms with Gasteiger partial charge < -0.3 is 14.9 Å². The van der Waals surface area contributed by atoms with Crippen molar-refractivity contribution < 1.29 is 19.3 Å². The number of aromatic amines is 1. The summed E-state index contributed by atoms with van der Waals surface area (Å²) < 4.78 is 19.9. The van der Waals surface area contributed by atoms with Crippen molar-refractivity contribution in [3.63, 3.8) is 0 Å². The lowest BCUT2D eigenvalue weighted by molar-refractivity contribution is -0.0492.